The summed E-state index contributed by atoms with van der Waals surface area (Å²) in [5.74, 6) is -2.00. The maximum Gasteiger partial charge on any atom is 0.335 e. The standard InChI is InChI=1S/C13H11N3O5/c17-10-4-3-9(11(18)15-10)16-8-2-1-6(12(19)20)5-7(8)14-13(16)21/h1-2,5,9H,3-4H2,(H,14,21)(H,19,20)(H,15,17,18). The minimum absolute atomic E-state index is 0.0409. The molecule has 1 fully saturated rings. The highest BCUT2D eigenvalue weighted by atomic mass is 16.4. The van der Waals surface area contributed by atoms with E-state index in [1.165, 1.54) is 22.8 Å². The molecule has 0 saturated carbocycles. The van der Waals surface area contributed by atoms with E-state index in [1.54, 1.807) is 0 Å². The van der Waals surface area contributed by atoms with Gasteiger partial charge in [-0.3, -0.25) is 19.5 Å². The summed E-state index contributed by atoms with van der Waals surface area (Å²) in [6.45, 7) is 0. The van der Waals surface area contributed by atoms with E-state index in [0.717, 1.165) is 0 Å². The molecular weight excluding hydrogens is 278 g/mol. The zero-order valence-electron chi connectivity index (χ0n) is 10.8. The summed E-state index contributed by atoms with van der Waals surface area (Å²) in [5.41, 5.74) is 0.297. The monoisotopic (exact) mass is 289 g/mol. The van der Waals surface area contributed by atoms with Crippen molar-refractivity contribution in [2.24, 2.45) is 0 Å². The Morgan fingerprint density at radius 1 is 1.29 bits per heavy atom. The number of carboxylic acid groups (broad SMARTS) is 1. The number of piperidine rings is 1. The molecule has 3 rings (SSSR count). The summed E-state index contributed by atoms with van der Waals surface area (Å²) in [6, 6.07) is 3.39. The number of nitrogens with zero attached hydrogens (tertiary/aromatic N) is 1. The number of aromatic nitrogens is 2. The number of carboxylic acids is 1. The molecule has 2 aromatic rings. The lowest BCUT2D eigenvalue weighted by Crippen LogP contribution is -2.43. The number of benzene rings is 1. The SMILES string of the molecule is O=C1CCC(n2c(=O)[nH]c3cc(C(=O)O)ccc32)C(=O)N1. The molecule has 8 heteroatoms. The van der Waals surface area contributed by atoms with Crippen molar-refractivity contribution in [3.63, 3.8) is 0 Å². The fourth-order valence-electron chi connectivity index (χ4n) is 2.50. The van der Waals surface area contributed by atoms with Crippen molar-refractivity contribution in [1.29, 1.82) is 0 Å². The van der Waals surface area contributed by atoms with Gasteiger partial charge in [-0.2, -0.15) is 0 Å². The second-order valence-corrected chi connectivity index (χ2v) is 4.80. The zero-order valence-corrected chi connectivity index (χ0v) is 10.8. The molecule has 1 aromatic carbocycles. The second kappa shape index (κ2) is 4.58. The van der Waals surface area contributed by atoms with Crippen LogP contribution in [-0.4, -0.2) is 32.4 Å². The summed E-state index contributed by atoms with van der Waals surface area (Å²) in [4.78, 5) is 48.5. The van der Waals surface area contributed by atoms with Crippen molar-refractivity contribution in [2.45, 2.75) is 18.9 Å². The number of rotatable bonds is 2. The maximum atomic E-state index is 12.0. The quantitative estimate of drug-likeness (QED) is 0.672. The fraction of sp³-hybridized carbons (Fsp3) is 0.231. The Morgan fingerprint density at radius 2 is 2.05 bits per heavy atom. The van der Waals surface area contributed by atoms with E-state index in [4.69, 9.17) is 5.11 Å². The van der Waals surface area contributed by atoms with Crippen LogP contribution in [0.5, 0.6) is 0 Å². The lowest BCUT2D eigenvalue weighted by atomic mass is 10.1. The van der Waals surface area contributed by atoms with Crippen LogP contribution in [0.1, 0.15) is 29.2 Å². The van der Waals surface area contributed by atoms with Gasteiger partial charge in [0.1, 0.15) is 6.04 Å². The fourth-order valence-corrected chi connectivity index (χ4v) is 2.50. The Morgan fingerprint density at radius 3 is 2.71 bits per heavy atom. The number of aromatic amines is 1. The lowest BCUT2D eigenvalue weighted by Gasteiger charge is -2.21. The van der Waals surface area contributed by atoms with Crippen LogP contribution in [0.15, 0.2) is 23.0 Å². The summed E-state index contributed by atoms with van der Waals surface area (Å²) >= 11 is 0. The largest absolute Gasteiger partial charge is 0.478 e. The Kier molecular flexibility index (Phi) is 2.86. The van der Waals surface area contributed by atoms with E-state index >= 15 is 0 Å². The summed E-state index contributed by atoms with van der Waals surface area (Å²) in [5, 5.41) is 11.1. The van der Waals surface area contributed by atoms with Gasteiger partial charge in [0, 0.05) is 6.42 Å². The topological polar surface area (TPSA) is 121 Å². The van der Waals surface area contributed by atoms with Crippen LogP contribution in [0.3, 0.4) is 0 Å². The van der Waals surface area contributed by atoms with E-state index in [2.05, 4.69) is 10.3 Å². The van der Waals surface area contributed by atoms with Gasteiger partial charge in [0.15, 0.2) is 0 Å². The van der Waals surface area contributed by atoms with Gasteiger partial charge in [0.2, 0.25) is 11.8 Å². The van der Waals surface area contributed by atoms with Crippen LogP contribution in [0.25, 0.3) is 11.0 Å². The summed E-state index contributed by atoms with van der Waals surface area (Å²) in [6.07, 6.45) is 0.390. The minimum Gasteiger partial charge on any atom is -0.478 e. The molecule has 0 radical (unpaired) electrons. The van der Waals surface area contributed by atoms with Crippen molar-refractivity contribution in [3.05, 3.63) is 34.2 Å². The first-order chi connectivity index (χ1) is 9.97. The number of H-pyrrole nitrogens is 1. The average molecular weight is 289 g/mol. The normalized spacial score (nSPS) is 18.8. The molecule has 1 saturated heterocycles. The first-order valence-electron chi connectivity index (χ1n) is 6.28. The Labute approximate surface area is 117 Å². The number of hydrogen-bond acceptors (Lipinski definition) is 4. The molecule has 2 amide bonds. The molecule has 0 spiro atoms. The zero-order chi connectivity index (χ0) is 15.1. The molecule has 21 heavy (non-hydrogen) atoms. The average Bonchev–Trinajstić information content (AvgIpc) is 2.74. The van der Waals surface area contributed by atoms with E-state index in [0.29, 0.717) is 11.0 Å². The van der Waals surface area contributed by atoms with Gasteiger partial charge in [0.25, 0.3) is 0 Å². The van der Waals surface area contributed by atoms with Crippen molar-refractivity contribution in [1.82, 2.24) is 14.9 Å². The van der Waals surface area contributed by atoms with E-state index < -0.39 is 23.6 Å². The van der Waals surface area contributed by atoms with Crippen LogP contribution >= 0.6 is 0 Å². The van der Waals surface area contributed by atoms with Crippen LogP contribution in [0.2, 0.25) is 0 Å². The van der Waals surface area contributed by atoms with Gasteiger partial charge in [-0.05, 0) is 24.6 Å². The van der Waals surface area contributed by atoms with Crippen molar-refractivity contribution >= 4 is 28.8 Å². The highest BCUT2D eigenvalue weighted by molar-refractivity contribution is 6.00. The van der Waals surface area contributed by atoms with Gasteiger partial charge in [-0.25, -0.2) is 9.59 Å². The predicted octanol–water partition coefficient (Wildman–Crippen LogP) is 0.00550. The van der Waals surface area contributed by atoms with Gasteiger partial charge in [-0.15, -0.1) is 0 Å². The molecule has 1 atom stereocenters. The predicted molar refractivity (Wildman–Crippen MR) is 70.9 cm³/mol. The number of carbonyl (C=O) groups excluding carboxylic acids is 2. The molecule has 0 aliphatic carbocycles. The number of fused-ring (bicyclic) bond motifs is 1. The van der Waals surface area contributed by atoms with Gasteiger partial charge in [0.05, 0.1) is 16.6 Å². The highest BCUT2D eigenvalue weighted by Crippen LogP contribution is 2.22. The first kappa shape index (κ1) is 13.1. The molecule has 0 bridgehead atoms. The third-order valence-electron chi connectivity index (χ3n) is 3.49. The molecule has 1 aliphatic heterocycles. The number of aromatic carboxylic acids is 1. The van der Waals surface area contributed by atoms with Gasteiger partial charge in [-0.1, -0.05) is 0 Å². The summed E-state index contributed by atoms with van der Waals surface area (Å²) in [7, 11) is 0. The van der Waals surface area contributed by atoms with Gasteiger partial charge >= 0.3 is 11.7 Å². The van der Waals surface area contributed by atoms with Crippen molar-refractivity contribution in [3.8, 4) is 0 Å². The van der Waals surface area contributed by atoms with Crippen LogP contribution in [0.4, 0.5) is 0 Å². The van der Waals surface area contributed by atoms with Crippen LogP contribution < -0.4 is 11.0 Å². The molecule has 8 nitrogen and oxygen atoms in total. The molecule has 1 aromatic heterocycles. The molecular formula is C13H11N3O5. The highest BCUT2D eigenvalue weighted by Gasteiger charge is 2.30. The van der Waals surface area contributed by atoms with Crippen molar-refractivity contribution < 1.29 is 19.5 Å². The molecule has 108 valence electrons. The smallest absolute Gasteiger partial charge is 0.335 e. The first-order valence-corrected chi connectivity index (χ1v) is 6.28. The number of carbonyl (C=O) groups is 3. The second-order valence-electron chi connectivity index (χ2n) is 4.80. The Balaban J connectivity index is 2.13. The number of hydrogen-bond donors (Lipinski definition) is 3. The van der Waals surface area contributed by atoms with Crippen LogP contribution in [0, 0.1) is 0 Å². The number of imide groups is 1. The minimum atomic E-state index is -1.11. The molecule has 3 N–H and O–H groups in total. The third kappa shape index (κ3) is 2.10. The number of nitrogens with one attached hydrogen (secondary N) is 2. The number of imidazole rings is 1. The number of amides is 2. The summed E-state index contributed by atoms with van der Waals surface area (Å²) < 4.78 is 1.25. The van der Waals surface area contributed by atoms with E-state index in [1.807, 2.05) is 0 Å². The maximum absolute atomic E-state index is 12.0. The lowest BCUT2D eigenvalue weighted by molar-refractivity contribution is -0.135. The Hall–Kier alpha value is -2.90. The van der Waals surface area contributed by atoms with E-state index in [9.17, 15) is 19.2 Å². The third-order valence-corrected chi connectivity index (χ3v) is 3.49. The molecule has 2 heterocycles. The van der Waals surface area contributed by atoms with Crippen LogP contribution in [-0.2, 0) is 9.59 Å². The molecule has 1 unspecified atom stereocenters. The Bertz CT molecular complexity index is 832. The van der Waals surface area contributed by atoms with Crippen molar-refractivity contribution in [2.75, 3.05) is 0 Å². The van der Waals surface area contributed by atoms with Gasteiger partial charge < -0.3 is 10.1 Å². The van der Waals surface area contributed by atoms with E-state index in [-0.39, 0.29) is 24.3 Å². The molecule has 1 aliphatic rings.